The van der Waals surface area contributed by atoms with Gasteiger partial charge in [-0.2, -0.15) is 11.8 Å². The molecule has 0 aliphatic heterocycles. The van der Waals surface area contributed by atoms with Crippen LogP contribution in [0, 0.1) is 0 Å². The van der Waals surface area contributed by atoms with Crippen molar-refractivity contribution in [1.82, 2.24) is 10.6 Å². The van der Waals surface area contributed by atoms with E-state index in [1.165, 1.54) is 0 Å². The average Bonchev–Trinajstić information content (AvgIpc) is 2.12. The molecule has 0 rings (SSSR count). The molecule has 3 N–H and O–H groups in total. The summed E-state index contributed by atoms with van der Waals surface area (Å²) in [6.07, 6.45) is 1.88. The van der Waals surface area contributed by atoms with Crippen molar-refractivity contribution in [2.45, 2.75) is 44.4 Å². The molecule has 6 heteroatoms. The van der Waals surface area contributed by atoms with E-state index < -0.39 is 11.5 Å². The van der Waals surface area contributed by atoms with E-state index in [4.69, 9.17) is 5.11 Å². The number of urea groups is 1. The Kier molecular flexibility index (Phi) is 5.81. The number of hydrogen-bond acceptors (Lipinski definition) is 3. The summed E-state index contributed by atoms with van der Waals surface area (Å²) < 4.78 is -0.0335. The number of hydrogen-bond donors (Lipinski definition) is 3. The molecule has 0 radical (unpaired) electrons. The number of carbonyl (C=O) groups excluding carboxylic acids is 1. The maximum Gasteiger partial charge on any atom is 0.315 e. The van der Waals surface area contributed by atoms with E-state index in [0.717, 1.165) is 0 Å². The highest BCUT2D eigenvalue weighted by Crippen LogP contribution is 2.19. The van der Waals surface area contributed by atoms with Crippen LogP contribution in [0.4, 0.5) is 4.79 Å². The normalized spacial score (nSPS) is 12.1. The molecule has 2 amide bonds. The van der Waals surface area contributed by atoms with Crippen molar-refractivity contribution in [3.8, 4) is 0 Å². The Morgan fingerprint density at radius 3 is 2.18 bits per heavy atom. The smallest absolute Gasteiger partial charge is 0.315 e. The standard InChI is InChI=1S/C11H22N2O3S/c1-10(2,6-8(14)15)13-9(16)12-7-11(3,4)17-5/h6-7H2,1-5H3,(H,14,15)(H2,12,13,16). The van der Waals surface area contributed by atoms with E-state index in [-0.39, 0.29) is 17.2 Å². The fourth-order valence-electron chi connectivity index (χ4n) is 1.14. The van der Waals surface area contributed by atoms with Crippen molar-refractivity contribution in [3.05, 3.63) is 0 Å². The number of rotatable bonds is 6. The van der Waals surface area contributed by atoms with Crippen molar-refractivity contribution in [2.24, 2.45) is 0 Å². The first-order valence-electron chi connectivity index (χ1n) is 5.41. The van der Waals surface area contributed by atoms with Gasteiger partial charge in [-0.25, -0.2) is 4.79 Å². The van der Waals surface area contributed by atoms with E-state index in [9.17, 15) is 9.59 Å². The number of aliphatic carboxylic acids is 1. The lowest BCUT2D eigenvalue weighted by atomic mass is 10.0. The van der Waals surface area contributed by atoms with Crippen LogP contribution >= 0.6 is 11.8 Å². The van der Waals surface area contributed by atoms with Crippen LogP contribution in [0.2, 0.25) is 0 Å². The van der Waals surface area contributed by atoms with Crippen LogP contribution in [0.5, 0.6) is 0 Å². The van der Waals surface area contributed by atoms with Gasteiger partial charge in [-0.1, -0.05) is 0 Å². The minimum Gasteiger partial charge on any atom is -0.481 e. The Morgan fingerprint density at radius 2 is 1.76 bits per heavy atom. The number of carbonyl (C=O) groups is 2. The quantitative estimate of drug-likeness (QED) is 0.680. The second-order valence-electron chi connectivity index (χ2n) is 5.23. The van der Waals surface area contributed by atoms with Gasteiger partial charge in [-0.05, 0) is 34.0 Å². The zero-order valence-corrected chi connectivity index (χ0v) is 11.9. The summed E-state index contributed by atoms with van der Waals surface area (Å²) >= 11 is 1.66. The summed E-state index contributed by atoms with van der Waals surface area (Å²) in [7, 11) is 0. The second-order valence-corrected chi connectivity index (χ2v) is 6.74. The van der Waals surface area contributed by atoms with Gasteiger partial charge in [0, 0.05) is 16.8 Å². The Bertz CT molecular complexity index is 290. The molecule has 0 aliphatic carbocycles. The van der Waals surface area contributed by atoms with Gasteiger partial charge >= 0.3 is 12.0 Å². The lowest BCUT2D eigenvalue weighted by Gasteiger charge is -2.27. The Hall–Kier alpha value is -0.910. The largest absolute Gasteiger partial charge is 0.481 e. The predicted molar refractivity (Wildman–Crippen MR) is 70.5 cm³/mol. The highest BCUT2D eigenvalue weighted by atomic mass is 32.2. The zero-order valence-electron chi connectivity index (χ0n) is 11.1. The lowest BCUT2D eigenvalue weighted by molar-refractivity contribution is -0.138. The summed E-state index contributed by atoms with van der Waals surface area (Å²) in [5, 5.41) is 14.1. The molecule has 17 heavy (non-hydrogen) atoms. The molecular weight excluding hydrogens is 240 g/mol. The van der Waals surface area contributed by atoms with Crippen molar-refractivity contribution in [1.29, 1.82) is 0 Å². The third-order valence-corrected chi connectivity index (χ3v) is 3.52. The molecular formula is C11H22N2O3S. The van der Waals surface area contributed by atoms with Crippen LogP contribution in [-0.4, -0.2) is 40.2 Å². The Balaban J connectivity index is 4.14. The van der Waals surface area contributed by atoms with Gasteiger partial charge < -0.3 is 15.7 Å². The lowest BCUT2D eigenvalue weighted by Crippen LogP contribution is -2.51. The molecule has 0 saturated heterocycles. The maximum absolute atomic E-state index is 11.6. The maximum atomic E-state index is 11.6. The molecule has 0 fully saturated rings. The Morgan fingerprint density at radius 1 is 1.24 bits per heavy atom. The molecule has 0 saturated carbocycles. The highest BCUT2D eigenvalue weighted by molar-refractivity contribution is 7.99. The molecule has 0 aromatic rings. The van der Waals surface area contributed by atoms with Crippen LogP contribution in [0.3, 0.4) is 0 Å². The van der Waals surface area contributed by atoms with Gasteiger partial charge in [0.05, 0.1) is 6.42 Å². The molecule has 100 valence electrons. The first kappa shape index (κ1) is 16.1. The minimum absolute atomic E-state index is 0.0335. The topological polar surface area (TPSA) is 78.4 Å². The number of carboxylic acids is 1. The van der Waals surface area contributed by atoms with Gasteiger partial charge in [0.15, 0.2) is 0 Å². The van der Waals surface area contributed by atoms with Crippen molar-refractivity contribution < 1.29 is 14.7 Å². The molecule has 0 heterocycles. The summed E-state index contributed by atoms with van der Waals surface area (Å²) in [6, 6.07) is -0.335. The first-order chi connectivity index (χ1) is 7.58. The van der Waals surface area contributed by atoms with Gasteiger partial charge in [-0.3, -0.25) is 4.79 Å². The molecule has 5 nitrogen and oxygen atoms in total. The summed E-state index contributed by atoms with van der Waals surface area (Å²) in [5.41, 5.74) is -0.751. The van der Waals surface area contributed by atoms with Crippen LogP contribution in [0.1, 0.15) is 34.1 Å². The number of thioether (sulfide) groups is 1. The van der Waals surface area contributed by atoms with Gasteiger partial charge in [0.25, 0.3) is 0 Å². The third-order valence-electron chi connectivity index (χ3n) is 2.27. The highest BCUT2D eigenvalue weighted by Gasteiger charge is 2.24. The van der Waals surface area contributed by atoms with Gasteiger partial charge in [-0.15, -0.1) is 0 Å². The van der Waals surface area contributed by atoms with Crippen LogP contribution in [-0.2, 0) is 4.79 Å². The van der Waals surface area contributed by atoms with Gasteiger partial charge in [0.1, 0.15) is 0 Å². The Labute approximate surface area is 107 Å². The fourth-order valence-corrected chi connectivity index (χ4v) is 1.36. The third kappa shape index (κ3) is 7.90. The monoisotopic (exact) mass is 262 g/mol. The SMILES string of the molecule is CSC(C)(C)CNC(=O)NC(C)(C)CC(=O)O. The fraction of sp³-hybridized carbons (Fsp3) is 0.818. The summed E-state index contributed by atoms with van der Waals surface area (Å²) in [5.74, 6) is -0.931. The molecule has 0 aliphatic rings. The number of carboxylic acid groups (broad SMARTS) is 1. The van der Waals surface area contributed by atoms with Crippen LogP contribution in [0.15, 0.2) is 0 Å². The number of amides is 2. The number of nitrogens with one attached hydrogen (secondary N) is 2. The van der Waals surface area contributed by atoms with E-state index >= 15 is 0 Å². The summed E-state index contributed by atoms with van der Waals surface area (Å²) in [4.78, 5) is 22.2. The molecule has 0 spiro atoms. The molecule has 0 bridgehead atoms. The van der Waals surface area contributed by atoms with E-state index in [1.54, 1.807) is 25.6 Å². The van der Waals surface area contributed by atoms with Crippen LogP contribution in [0.25, 0.3) is 0 Å². The predicted octanol–water partition coefficient (Wildman–Crippen LogP) is 1.68. The molecule has 0 unspecified atom stereocenters. The first-order valence-corrected chi connectivity index (χ1v) is 6.63. The zero-order chi connectivity index (χ0) is 13.7. The second kappa shape index (κ2) is 6.14. The van der Waals surface area contributed by atoms with E-state index in [2.05, 4.69) is 10.6 Å². The van der Waals surface area contributed by atoms with Crippen molar-refractivity contribution in [2.75, 3.05) is 12.8 Å². The van der Waals surface area contributed by atoms with E-state index in [1.807, 2.05) is 20.1 Å². The average molecular weight is 262 g/mol. The van der Waals surface area contributed by atoms with Gasteiger partial charge in [0.2, 0.25) is 0 Å². The van der Waals surface area contributed by atoms with E-state index in [0.29, 0.717) is 6.54 Å². The summed E-state index contributed by atoms with van der Waals surface area (Å²) in [6.45, 7) is 7.95. The molecule has 0 atom stereocenters. The van der Waals surface area contributed by atoms with Crippen molar-refractivity contribution >= 4 is 23.8 Å². The minimum atomic E-state index is -0.931. The molecule has 0 aromatic carbocycles. The molecule has 0 aromatic heterocycles. The van der Waals surface area contributed by atoms with Crippen LogP contribution < -0.4 is 10.6 Å². The van der Waals surface area contributed by atoms with Crippen molar-refractivity contribution in [3.63, 3.8) is 0 Å².